The van der Waals surface area contributed by atoms with E-state index in [2.05, 4.69) is 193 Å². The van der Waals surface area contributed by atoms with Crippen LogP contribution in [-0.4, -0.2) is 0 Å². The second kappa shape index (κ2) is 11.7. The maximum absolute atomic E-state index is 2.54. The largest absolute Gasteiger partial charge is 0.310 e. The quantitative estimate of drug-likeness (QED) is 0.179. The van der Waals surface area contributed by atoms with E-state index >= 15 is 0 Å². The van der Waals surface area contributed by atoms with Gasteiger partial charge in [-0.25, -0.2) is 0 Å². The summed E-state index contributed by atoms with van der Waals surface area (Å²) in [6.07, 6.45) is 4.43. The SMILES string of the molecule is c1ccc(-c2ccc3c(c2)C2(CCC4(CC2)c2ccccc2-c2ccc(N(c5ccccc5)c5ccc6ccccc6c5)cc24)c2ccccc2-3)cc1. The van der Waals surface area contributed by atoms with Crippen LogP contribution in [0.1, 0.15) is 47.9 Å². The van der Waals surface area contributed by atoms with Gasteiger partial charge in [-0.05, 0) is 135 Å². The Balaban J connectivity index is 1.05. The average Bonchev–Trinajstić information content (AvgIpc) is 3.65. The minimum atomic E-state index is -0.0479. The van der Waals surface area contributed by atoms with Crippen molar-refractivity contribution in [1.82, 2.24) is 0 Å². The zero-order valence-electron chi connectivity index (χ0n) is 29.7. The highest BCUT2D eigenvalue weighted by Gasteiger charge is 2.53. The Kier molecular flexibility index (Phi) is 6.70. The van der Waals surface area contributed by atoms with Crippen molar-refractivity contribution in [2.75, 3.05) is 4.90 Å². The lowest BCUT2D eigenvalue weighted by Gasteiger charge is -2.46. The van der Waals surface area contributed by atoms with Gasteiger partial charge >= 0.3 is 0 Å². The minimum absolute atomic E-state index is 0.00154. The molecule has 0 heterocycles. The maximum atomic E-state index is 2.54. The van der Waals surface area contributed by atoms with Crippen LogP contribution in [0.25, 0.3) is 44.2 Å². The zero-order chi connectivity index (χ0) is 35.0. The zero-order valence-corrected chi connectivity index (χ0v) is 29.7. The van der Waals surface area contributed by atoms with E-state index < -0.39 is 0 Å². The second-order valence-corrected chi connectivity index (χ2v) is 15.3. The predicted molar refractivity (Wildman–Crippen MR) is 221 cm³/mol. The van der Waals surface area contributed by atoms with Crippen LogP contribution < -0.4 is 4.90 Å². The summed E-state index contributed by atoms with van der Waals surface area (Å²) >= 11 is 0. The Bertz CT molecular complexity index is 2680. The van der Waals surface area contributed by atoms with Gasteiger partial charge in [-0.15, -0.1) is 0 Å². The van der Waals surface area contributed by atoms with E-state index in [1.165, 1.54) is 83.5 Å². The summed E-state index contributed by atoms with van der Waals surface area (Å²) in [6, 6.07) is 70.4. The van der Waals surface area contributed by atoms with Crippen LogP contribution in [-0.2, 0) is 10.8 Å². The Labute approximate surface area is 311 Å². The smallest absolute Gasteiger partial charge is 0.0468 e. The van der Waals surface area contributed by atoms with Crippen LogP contribution in [0, 0.1) is 0 Å². The van der Waals surface area contributed by atoms with Crippen LogP contribution in [0.4, 0.5) is 17.1 Å². The standard InChI is InChI=1S/C52H39N/c1-3-13-36(14-4-1)39-24-27-45-43-19-9-11-21-47(43)51(49(45)34-39)29-31-52(32-30-51)48-22-12-10-20-44(48)46-28-26-42(35-50(46)52)53(40-17-5-2-6-18-40)41-25-23-37-15-7-8-16-38(37)33-41/h1-28,33-35H,29-32H2. The summed E-state index contributed by atoms with van der Waals surface area (Å²) in [5, 5.41) is 2.51. The molecule has 1 fully saturated rings. The molecule has 0 radical (unpaired) electrons. The van der Waals surface area contributed by atoms with Crippen molar-refractivity contribution in [3.8, 4) is 33.4 Å². The lowest BCUT2D eigenvalue weighted by atomic mass is 9.57. The molecule has 252 valence electrons. The number of hydrogen-bond acceptors (Lipinski definition) is 1. The van der Waals surface area contributed by atoms with Gasteiger partial charge in [-0.3, -0.25) is 0 Å². The van der Waals surface area contributed by atoms with Crippen molar-refractivity contribution < 1.29 is 0 Å². The highest BCUT2D eigenvalue weighted by Crippen LogP contribution is 2.64. The van der Waals surface area contributed by atoms with Crippen molar-refractivity contribution in [2.24, 2.45) is 0 Å². The van der Waals surface area contributed by atoms with Crippen LogP contribution in [0.3, 0.4) is 0 Å². The first-order valence-corrected chi connectivity index (χ1v) is 19.1. The topological polar surface area (TPSA) is 3.24 Å². The summed E-state index contributed by atoms with van der Waals surface area (Å²) < 4.78 is 0. The Hall–Kier alpha value is -6.18. The van der Waals surface area contributed by atoms with Crippen LogP contribution in [0.2, 0.25) is 0 Å². The van der Waals surface area contributed by atoms with Gasteiger partial charge in [0, 0.05) is 27.9 Å². The molecule has 0 atom stereocenters. The van der Waals surface area contributed by atoms with E-state index in [9.17, 15) is 0 Å². The van der Waals surface area contributed by atoms with Gasteiger partial charge in [-0.2, -0.15) is 0 Å². The molecule has 0 bridgehead atoms. The van der Waals surface area contributed by atoms with E-state index in [1.807, 2.05) is 0 Å². The fraction of sp³-hybridized carbons (Fsp3) is 0.115. The van der Waals surface area contributed by atoms with Crippen LogP contribution in [0.15, 0.2) is 188 Å². The molecule has 0 N–H and O–H groups in total. The lowest BCUT2D eigenvalue weighted by molar-refractivity contribution is 0.265. The van der Waals surface area contributed by atoms with Gasteiger partial charge in [0.1, 0.15) is 0 Å². The summed E-state index contributed by atoms with van der Waals surface area (Å²) in [7, 11) is 0. The first-order chi connectivity index (χ1) is 26.2. The van der Waals surface area contributed by atoms with Crippen molar-refractivity contribution in [1.29, 1.82) is 0 Å². The predicted octanol–water partition coefficient (Wildman–Crippen LogP) is 13.8. The molecular formula is C52H39N. The van der Waals surface area contributed by atoms with E-state index in [1.54, 1.807) is 0 Å². The molecule has 8 aromatic carbocycles. The molecule has 3 aliphatic rings. The molecule has 8 aromatic rings. The van der Waals surface area contributed by atoms with Gasteiger partial charge in [0.25, 0.3) is 0 Å². The van der Waals surface area contributed by atoms with Crippen molar-refractivity contribution in [3.63, 3.8) is 0 Å². The van der Waals surface area contributed by atoms with E-state index in [4.69, 9.17) is 0 Å². The van der Waals surface area contributed by atoms with Gasteiger partial charge in [0.05, 0.1) is 0 Å². The Morgan fingerprint density at radius 2 is 0.792 bits per heavy atom. The van der Waals surface area contributed by atoms with E-state index in [-0.39, 0.29) is 10.8 Å². The maximum Gasteiger partial charge on any atom is 0.0468 e. The fourth-order valence-electron chi connectivity index (χ4n) is 10.4. The Morgan fingerprint density at radius 3 is 1.47 bits per heavy atom. The number of benzene rings is 8. The number of nitrogens with zero attached hydrogens (tertiary/aromatic N) is 1. The fourth-order valence-corrected chi connectivity index (χ4v) is 10.4. The number of fused-ring (bicyclic) bond motifs is 11. The molecule has 53 heavy (non-hydrogen) atoms. The monoisotopic (exact) mass is 677 g/mol. The van der Waals surface area contributed by atoms with E-state index in [0.717, 1.165) is 25.7 Å². The lowest BCUT2D eigenvalue weighted by Crippen LogP contribution is -2.39. The molecule has 2 spiro atoms. The first kappa shape index (κ1) is 30.4. The van der Waals surface area contributed by atoms with Gasteiger partial charge in [-0.1, -0.05) is 146 Å². The van der Waals surface area contributed by atoms with Crippen LogP contribution >= 0.6 is 0 Å². The second-order valence-electron chi connectivity index (χ2n) is 15.3. The molecule has 1 saturated carbocycles. The Morgan fingerprint density at radius 1 is 0.302 bits per heavy atom. The molecule has 0 unspecified atom stereocenters. The molecule has 1 heteroatoms. The number of rotatable bonds is 4. The van der Waals surface area contributed by atoms with Crippen molar-refractivity contribution in [2.45, 2.75) is 36.5 Å². The van der Waals surface area contributed by atoms with Gasteiger partial charge < -0.3 is 4.90 Å². The summed E-state index contributed by atoms with van der Waals surface area (Å²) in [6.45, 7) is 0. The molecule has 0 amide bonds. The normalized spacial score (nSPS) is 19.2. The third-order valence-corrected chi connectivity index (χ3v) is 12.8. The summed E-state index contributed by atoms with van der Waals surface area (Å²) in [5.41, 5.74) is 17.8. The van der Waals surface area contributed by atoms with Crippen molar-refractivity contribution >= 4 is 27.8 Å². The van der Waals surface area contributed by atoms with Gasteiger partial charge in [0.2, 0.25) is 0 Å². The van der Waals surface area contributed by atoms with E-state index in [0.29, 0.717) is 0 Å². The third kappa shape index (κ3) is 4.50. The molecular weight excluding hydrogens is 639 g/mol. The highest BCUT2D eigenvalue weighted by molar-refractivity contribution is 5.91. The molecule has 0 aromatic heterocycles. The summed E-state index contributed by atoms with van der Waals surface area (Å²) in [4.78, 5) is 2.45. The summed E-state index contributed by atoms with van der Waals surface area (Å²) in [5.74, 6) is 0. The first-order valence-electron chi connectivity index (χ1n) is 19.1. The minimum Gasteiger partial charge on any atom is -0.310 e. The van der Waals surface area contributed by atoms with Gasteiger partial charge in [0.15, 0.2) is 0 Å². The molecule has 0 saturated heterocycles. The number of anilines is 3. The third-order valence-electron chi connectivity index (χ3n) is 12.8. The highest BCUT2D eigenvalue weighted by atomic mass is 15.1. The molecule has 0 aliphatic heterocycles. The molecule has 3 aliphatic carbocycles. The van der Waals surface area contributed by atoms with Crippen LogP contribution in [0.5, 0.6) is 0 Å². The average molecular weight is 678 g/mol. The molecule has 11 rings (SSSR count). The molecule has 1 nitrogen and oxygen atoms in total. The number of para-hydroxylation sites is 1. The number of hydrogen-bond donors (Lipinski definition) is 0. The van der Waals surface area contributed by atoms with Crippen molar-refractivity contribution in [3.05, 3.63) is 210 Å².